The molecule has 8 heteroatoms. The summed E-state index contributed by atoms with van der Waals surface area (Å²) in [5.74, 6) is -2.78. The smallest absolute Gasteiger partial charge is 0.270 e. The summed E-state index contributed by atoms with van der Waals surface area (Å²) in [6.07, 6.45) is -1.28. The monoisotopic (exact) mass is 336 g/mol. The quantitative estimate of drug-likeness (QED) is 0.648. The Balaban J connectivity index is 2.11. The van der Waals surface area contributed by atoms with Crippen molar-refractivity contribution in [2.75, 3.05) is 0 Å². The first-order valence-corrected chi connectivity index (χ1v) is 6.98. The number of hydrogen-bond acceptors (Lipinski definition) is 4. The number of nitro benzene ring substituents is 1. The van der Waals surface area contributed by atoms with Gasteiger partial charge in [0.1, 0.15) is 0 Å². The van der Waals surface area contributed by atoms with E-state index in [1.807, 2.05) is 0 Å². The predicted octanol–water partition coefficient (Wildman–Crippen LogP) is 2.72. The Bertz CT molecular complexity index is 782. The lowest BCUT2D eigenvalue weighted by Crippen LogP contribution is -2.37. The highest BCUT2D eigenvalue weighted by atomic mass is 19.2. The molecule has 0 fully saturated rings. The molecule has 1 amide bonds. The summed E-state index contributed by atoms with van der Waals surface area (Å²) < 4.78 is 26.1. The van der Waals surface area contributed by atoms with E-state index in [1.54, 1.807) is 0 Å². The van der Waals surface area contributed by atoms with Crippen LogP contribution in [0.3, 0.4) is 0 Å². The number of carbonyl (C=O) groups excluding carboxylic acids is 1. The second-order valence-corrected chi connectivity index (χ2v) is 5.19. The Hall–Kier alpha value is -2.87. The van der Waals surface area contributed by atoms with Gasteiger partial charge >= 0.3 is 0 Å². The molecule has 0 saturated heterocycles. The third kappa shape index (κ3) is 3.90. The van der Waals surface area contributed by atoms with Crippen LogP contribution in [0.4, 0.5) is 14.5 Å². The van der Waals surface area contributed by atoms with E-state index < -0.39 is 34.6 Å². The number of hydrogen-bond donors (Lipinski definition) is 2. The fraction of sp³-hybridized carbons (Fsp3) is 0.188. The molecule has 24 heavy (non-hydrogen) atoms. The van der Waals surface area contributed by atoms with Gasteiger partial charge in [-0.15, -0.1) is 0 Å². The highest BCUT2D eigenvalue weighted by Gasteiger charge is 2.21. The maximum atomic E-state index is 13.2. The Morgan fingerprint density at radius 3 is 2.54 bits per heavy atom. The summed E-state index contributed by atoms with van der Waals surface area (Å²) in [6, 6.07) is 7.20. The maximum Gasteiger partial charge on any atom is 0.270 e. The van der Waals surface area contributed by atoms with Gasteiger partial charge in [-0.3, -0.25) is 14.9 Å². The van der Waals surface area contributed by atoms with E-state index in [2.05, 4.69) is 5.32 Å². The standard InChI is InChI=1S/C16H14F2N2O4/c1-9(15(21)10-5-6-13(17)14(18)8-10)19-16(22)11-3-2-4-12(7-11)20(23)24/h2-9,15,21H,1H3,(H,19,22). The number of nitrogens with zero attached hydrogens (tertiary/aromatic N) is 1. The number of aliphatic hydroxyl groups is 1. The fourth-order valence-electron chi connectivity index (χ4n) is 2.11. The van der Waals surface area contributed by atoms with Crippen LogP contribution in [0.25, 0.3) is 0 Å². The van der Waals surface area contributed by atoms with Crippen LogP contribution in [-0.2, 0) is 0 Å². The van der Waals surface area contributed by atoms with Crippen LogP contribution in [0.1, 0.15) is 28.9 Å². The second-order valence-electron chi connectivity index (χ2n) is 5.19. The molecule has 2 rings (SSSR count). The van der Waals surface area contributed by atoms with E-state index in [-0.39, 0.29) is 16.8 Å². The molecule has 0 aliphatic heterocycles. The largest absolute Gasteiger partial charge is 0.386 e. The van der Waals surface area contributed by atoms with Crippen molar-refractivity contribution in [3.05, 3.63) is 75.3 Å². The van der Waals surface area contributed by atoms with Gasteiger partial charge in [-0.25, -0.2) is 8.78 Å². The van der Waals surface area contributed by atoms with Gasteiger partial charge in [0.25, 0.3) is 11.6 Å². The molecular formula is C16H14F2N2O4. The molecule has 0 bridgehead atoms. The number of halogens is 2. The normalized spacial score (nSPS) is 13.2. The Kier molecular flexibility index (Phi) is 5.20. The number of benzene rings is 2. The van der Waals surface area contributed by atoms with Crippen molar-refractivity contribution in [3.8, 4) is 0 Å². The molecule has 0 aliphatic rings. The fourth-order valence-corrected chi connectivity index (χ4v) is 2.11. The lowest BCUT2D eigenvalue weighted by atomic mass is 10.0. The summed E-state index contributed by atoms with van der Waals surface area (Å²) in [5, 5.41) is 23.3. The van der Waals surface area contributed by atoms with E-state index >= 15 is 0 Å². The molecule has 126 valence electrons. The van der Waals surface area contributed by atoms with Crippen LogP contribution in [0.15, 0.2) is 42.5 Å². The van der Waals surface area contributed by atoms with Crippen molar-refractivity contribution in [2.24, 2.45) is 0 Å². The number of nitrogens with one attached hydrogen (secondary N) is 1. The van der Waals surface area contributed by atoms with Gasteiger partial charge < -0.3 is 10.4 Å². The Morgan fingerprint density at radius 2 is 1.92 bits per heavy atom. The van der Waals surface area contributed by atoms with Crippen LogP contribution in [0, 0.1) is 21.7 Å². The molecule has 0 radical (unpaired) electrons. The molecule has 2 atom stereocenters. The summed E-state index contributed by atoms with van der Waals surface area (Å²) in [6.45, 7) is 1.47. The topological polar surface area (TPSA) is 92.5 Å². The van der Waals surface area contributed by atoms with E-state index in [1.165, 1.54) is 31.2 Å². The zero-order valence-electron chi connectivity index (χ0n) is 12.6. The number of non-ortho nitro benzene ring substituents is 1. The molecule has 0 aliphatic carbocycles. The first-order valence-electron chi connectivity index (χ1n) is 6.98. The van der Waals surface area contributed by atoms with Crippen molar-refractivity contribution in [1.82, 2.24) is 5.32 Å². The van der Waals surface area contributed by atoms with Gasteiger partial charge in [0, 0.05) is 17.7 Å². The third-order valence-corrected chi connectivity index (χ3v) is 3.44. The molecule has 0 heterocycles. The van der Waals surface area contributed by atoms with Crippen LogP contribution in [0.5, 0.6) is 0 Å². The molecule has 2 aromatic rings. The first kappa shape index (κ1) is 17.5. The minimum atomic E-state index is -1.28. The Morgan fingerprint density at radius 1 is 1.21 bits per heavy atom. The van der Waals surface area contributed by atoms with E-state index in [9.17, 15) is 28.8 Å². The summed E-state index contributed by atoms with van der Waals surface area (Å²) >= 11 is 0. The zero-order valence-corrected chi connectivity index (χ0v) is 12.6. The summed E-state index contributed by atoms with van der Waals surface area (Å²) in [5.41, 5.74) is -0.0919. The average Bonchev–Trinajstić information content (AvgIpc) is 2.56. The second kappa shape index (κ2) is 7.14. The predicted molar refractivity (Wildman–Crippen MR) is 81.3 cm³/mol. The van der Waals surface area contributed by atoms with Crippen LogP contribution < -0.4 is 5.32 Å². The number of rotatable bonds is 5. The summed E-state index contributed by atoms with van der Waals surface area (Å²) in [7, 11) is 0. The summed E-state index contributed by atoms with van der Waals surface area (Å²) in [4.78, 5) is 22.2. The number of nitro groups is 1. The molecule has 6 nitrogen and oxygen atoms in total. The van der Waals surface area contributed by atoms with E-state index in [0.717, 1.165) is 18.2 Å². The number of amides is 1. The van der Waals surface area contributed by atoms with Crippen molar-refractivity contribution in [2.45, 2.75) is 19.1 Å². The van der Waals surface area contributed by atoms with Crippen LogP contribution in [-0.4, -0.2) is 22.0 Å². The lowest BCUT2D eigenvalue weighted by Gasteiger charge is -2.20. The average molecular weight is 336 g/mol. The maximum absolute atomic E-state index is 13.2. The van der Waals surface area contributed by atoms with Crippen molar-refractivity contribution in [1.29, 1.82) is 0 Å². The minimum Gasteiger partial charge on any atom is -0.386 e. The van der Waals surface area contributed by atoms with Gasteiger partial charge in [0.05, 0.1) is 17.1 Å². The number of carbonyl (C=O) groups is 1. The van der Waals surface area contributed by atoms with Gasteiger partial charge in [0.15, 0.2) is 11.6 Å². The van der Waals surface area contributed by atoms with E-state index in [0.29, 0.717) is 0 Å². The molecule has 0 saturated carbocycles. The number of aliphatic hydroxyl groups excluding tert-OH is 1. The highest BCUT2D eigenvalue weighted by Crippen LogP contribution is 2.20. The van der Waals surface area contributed by atoms with Gasteiger partial charge in [-0.1, -0.05) is 12.1 Å². The van der Waals surface area contributed by atoms with Crippen molar-refractivity contribution >= 4 is 11.6 Å². The van der Waals surface area contributed by atoms with Gasteiger partial charge in [0.2, 0.25) is 0 Å². The molecule has 0 aromatic heterocycles. The SMILES string of the molecule is CC(NC(=O)c1cccc([N+](=O)[O-])c1)C(O)c1ccc(F)c(F)c1. The molecule has 0 spiro atoms. The van der Waals surface area contributed by atoms with Crippen molar-refractivity contribution in [3.63, 3.8) is 0 Å². The highest BCUT2D eigenvalue weighted by molar-refractivity contribution is 5.95. The zero-order chi connectivity index (χ0) is 17.9. The molecule has 2 aromatic carbocycles. The minimum absolute atomic E-state index is 0.0496. The lowest BCUT2D eigenvalue weighted by molar-refractivity contribution is -0.384. The van der Waals surface area contributed by atoms with Gasteiger partial charge in [-0.2, -0.15) is 0 Å². The third-order valence-electron chi connectivity index (χ3n) is 3.44. The molecule has 2 N–H and O–H groups in total. The molecular weight excluding hydrogens is 322 g/mol. The van der Waals surface area contributed by atoms with Crippen molar-refractivity contribution < 1.29 is 23.6 Å². The first-order chi connectivity index (χ1) is 11.3. The van der Waals surface area contributed by atoms with Crippen LogP contribution in [0.2, 0.25) is 0 Å². The Labute approximate surface area is 135 Å². The molecule has 2 unspecified atom stereocenters. The van der Waals surface area contributed by atoms with Crippen LogP contribution >= 0.6 is 0 Å². The van der Waals surface area contributed by atoms with E-state index in [4.69, 9.17) is 0 Å². The van der Waals surface area contributed by atoms with Gasteiger partial charge in [-0.05, 0) is 30.7 Å².